The Bertz CT molecular complexity index is 195. The molecular weight excluding hydrogens is 156 g/mol. The molecule has 0 amide bonds. The summed E-state index contributed by atoms with van der Waals surface area (Å²) in [5, 5.41) is 7.67. The summed E-state index contributed by atoms with van der Waals surface area (Å²) < 4.78 is 5.14. The summed E-state index contributed by atoms with van der Waals surface area (Å²) in [6, 6.07) is 0. The molecule has 1 fully saturated rings. The first-order valence-corrected chi connectivity index (χ1v) is 4.19. The maximum absolute atomic E-state index is 10.8. The van der Waals surface area contributed by atoms with Gasteiger partial charge < -0.3 is 4.74 Å². The van der Waals surface area contributed by atoms with E-state index in [0.717, 1.165) is 25.7 Å². The average Bonchev–Trinajstić information content (AvgIpc) is 2.36. The van der Waals surface area contributed by atoms with E-state index in [0.29, 0.717) is 0 Å². The summed E-state index contributed by atoms with van der Waals surface area (Å²) in [4.78, 5) is 10.8. The standard InChI is InChI=1S/C8H14N2O2/c1-7(11)12-8(10-9-2)5-3-4-6-8/h3-6H2,1-2H3. The number of esters is 1. The van der Waals surface area contributed by atoms with Gasteiger partial charge in [0.15, 0.2) is 0 Å². The number of rotatable bonds is 2. The lowest BCUT2D eigenvalue weighted by Gasteiger charge is -2.21. The highest BCUT2D eigenvalue weighted by Crippen LogP contribution is 2.34. The highest BCUT2D eigenvalue weighted by atomic mass is 16.6. The molecule has 0 aromatic rings. The summed E-state index contributed by atoms with van der Waals surface area (Å²) in [5.41, 5.74) is -0.624. The summed E-state index contributed by atoms with van der Waals surface area (Å²) >= 11 is 0. The van der Waals surface area contributed by atoms with Gasteiger partial charge in [-0.15, -0.1) is 5.11 Å². The quantitative estimate of drug-likeness (QED) is 0.469. The van der Waals surface area contributed by atoms with Gasteiger partial charge in [-0.25, -0.2) is 0 Å². The van der Waals surface area contributed by atoms with Crippen molar-refractivity contribution in [2.24, 2.45) is 10.2 Å². The van der Waals surface area contributed by atoms with E-state index in [2.05, 4.69) is 10.2 Å². The van der Waals surface area contributed by atoms with Crippen LogP contribution in [0.2, 0.25) is 0 Å². The van der Waals surface area contributed by atoms with Crippen LogP contribution < -0.4 is 0 Å². The predicted octanol–water partition coefficient (Wildman–Crippen LogP) is 1.90. The molecule has 0 aliphatic heterocycles. The number of azo groups is 1. The fourth-order valence-corrected chi connectivity index (χ4v) is 1.60. The van der Waals surface area contributed by atoms with Gasteiger partial charge in [-0.3, -0.25) is 4.79 Å². The normalized spacial score (nSPS) is 21.5. The van der Waals surface area contributed by atoms with Gasteiger partial charge in [0.25, 0.3) is 0 Å². The van der Waals surface area contributed by atoms with Gasteiger partial charge >= 0.3 is 5.97 Å². The van der Waals surface area contributed by atoms with Crippen LogP contribution in [0.1, 0.15) is 32.6 Å². The van der Waals surface area contributed by atoms with Crippen molar-refractivity contribution in [2.75, 3.05) is 7.05 Å². The largest absolute Gasteiger partial charge is 0.436 e. The molecule has 1 aliphatic carbocycles. The molecule has 0 unspecified atom stereocenters. The maximum atomic E-state index is 10.8. The molecule has 0 N–H and O–H groups in total. The Kier molecular flexibility index (Phi) is 2.78. The zero-order valence-corrected chi connectivity index (χ0v) is 7.54. The predicted molar refractivity (Wildman–Crippen MR) is 43.7 cm³/mol. The topological polar surface area (TPSA) is 51.0 Å². The second-order valence-electron chi connectivity index (χ2n) is 3.05. The SMILES string of the molecule is CN=NC1(OC(C)=O)CCCC1. The Labute approximate surface area is 72.0 Å². The molecule has 0 radical (unpaired) electrons. The third kappa shape index (κ3) is 2.03. The lowest BCUT2D eigenvalue weighted by Crippen LogP contribution is -2.28. The lowest BCUT2D eigenvalue weighted by molar-refractivity contribution is -0.156. The molecular formula is C8H14N2O2. The van der Waals surface area contributed by atoms with Crippen LogP contribution in [-0.4, -0.2) is 18.7 Å². The molecule has 0 aromatic carbocycles. The molecule has 1 aliphatic rings. The Morgan fingerprint density at radius 2 is 2.00 bits per heavy atom. The number of hydrogen-bond donors (Lipinski definition) is 0. The number of ether oxygens (including phenoxy) is 1. The van der Waals surface area contributed by atoms with Gasteiger partial charge in [0.2, 0.25) is 5.72 Å². The van der Waals surface area contributed by atoms with Gasteiger partial charge in [0.05, 0.1) is 0 Å². The van der Waals surface area contributed by atoms with Crippen molar-refractivity contribution in [3.63, 3.8) is 0 Å². The molecule has 1 rings (SSSR count). The first-order valence-electron chi connectivity index (χ1n) is 4.19. The number of nitrogens with zero attached hydrogens (tertiary/aromatic N) is 2. The van der Waals surface area contributed by atoms with Crippen molar-refractivity contribution in [3.8, 4) is 0 Å². The second-order valence-corrected chi connectivity index (χ2v) is 3.05. The molecule has 4 heteroatoms. The molecule has 68 valence electrons. The number of hydrogen-bond acceptors (Lipinski definition) is 4. The van der Waals surface area contributed by atoms with Gasteiger partial charge in [0, 0.05) is 26.8 Å². The van der Waals surface area contributed by atoms with Crippen molar-refractivity contribution in [3.05, 3.63) is 0 Å². The minimum absolute atomic E-state index is 0.274. The van der Waals surface area contributed by atoms with E-state index in [9.17, 15) is 4.79 Å². The van der Waals surface area contributed by atoms with Crippen molar-refractivity contribution < 1.29 is 9.53 Å². The Morgan fingerprint density at radius 3 is 2.42 bits per heavy atom. The average molecular weight is 170 g/mol. The van der Waals surface area contributed by atoms with Crippen LogP contribution in [0.5, 0.6) is 0 Å². The van der Waals surface area contributed by atoms with Gasteiger partial charge in [-0.1, -0.05) is 0 Å². The Balaban J connectivity index is 2.65. The van der Waals surface area contributed by atoms with E-state index >= 15 is 0 Å². The summed E-state index contributed by atoms with van der Waals surface area (Å²) in [6.07, 6.45) is 3.74. The lowest BCUT2D eigenvalue weighted by atomic mass is 10.2. The van der Waals surface area contributed by atoms with Crippen molar-refractivity contribution >= 4 is 5.97 Å². The molecule has 0 spiro atoms. The number of carbonyl (C=O) groups excluding carboxylic acids is 1. The molecule has 0 aromatic heterocycles. The molecule has 4 nitrogen and oxygen atoms in total. The van der Waals surface area contributed by atoms with E-state index in [1.807, 2.05) is 0 Å². The van der Waals surface area contributed by atoms with Gasteiger partial charge in [-0.2, -0.15) is 5.11 Å². The minimum Gasteiger partial charge on any atom is -0.436 e. The van der Waals surface area contributed by atoms with E-state index in [4.69, 9.17) is 4.74 Å². The third-order valence-electron chi connectivity index (χ3n) is 2.00. The Morgan fingerprint density at radius 1 is 1.42 bits per heavy atom. The van der Waals surface area contributed by atoms with Crippen molar-refractivity contribution in [1.82, 2.24) is 0 Å². The van der Waals surface area contributed by atoms with Crippen molar-refractivity contribution in [2.45, 2.75) is 38.3 Å². The number of carbonyl (C=O) groups is 1. The van der Waals surface area contributed by atoms with Crippen LogP contribution in [0.25, 0.3) is 0 Å². The zero-order valence-electron chi connectivity index (χ0n) is 7.54. The first-order chi connectivity index (χ1) is 5.68. The zero-order chi connectivity index (χ0) is 9.03. The highest BCUT2D eigenvalue weighted by molar-refractivity contribution is 5.66. The molecule has 1 saturated carbocycles. The van der Waals surface area contributed by atoms with E-state index in [1.165, 1.54) is 6.92 Å². The van der Waals surface area contributed by atoms with E-state index in [-0.39, 0.29) is 5.97 Å². The maximum Gasteiger partial charge on any atom is 0.304 e. The minimum atomic E-state index is -0.624. The fraction of sp³-hybridized carbons (Fsp3) is 0.875. The highest BCUT2D eigenvalue weighted by Gasteiger charge is 2.36. The van der Waals surface area contributed by atoms with Gasteiger partial charge in [0.1, 0.15) is 0 Å². The van der Waals surface area contributed by atoms with Crippen molar-refractivity contribution in [1.29, 1.82) is 0 Å². The smallest absolute Gasteiger partial charge is 0.304 e. The second kappa shape index (κ2) is 3.65. The van der Waals surface area contributed by atoms with E-state index in [1.54, 1.807) is 7.05 Å². The Hall–Kier alpha value is -0.930. The van der Waals surface area contributed by atoms with Crippen LogP contribution >= 0.6 is 0 Å². The molecule has 0 atom stereocenters. The molecule has 0 saturated heterocycles. The molecule has 0 heterocycles. The summed E-state index contributed by atoms with van der Waals surface area (Å²) in [7, 11) is 1.60. The summed E-state index contributed by atoms with van der Waals surface area (Å²) in [6.45, 7) is 1.41. The van der Waals surface area contributed by atoms with Crippen LogP contribution in [-0.2, 0) is 9.53 Å². The fourth-order valence-electron chi connectivity index (χ4n) is 1.60. The molecule has 0 bridgehead atoms. The third-order valence-corrected chi connectivity index (χ3v) is 2.00. The first kappa shape index (κ1) is 9.16. The van der Waals surface area contributed by atoms with Gasteiger partial charge in [-0.05, 0) is 12.8 Å². The van der Waals surface area contributed by atoms with Crippen LogP contribution in [0.3, 0.4) is 0 Å². The molecule has 12 heavy (non-hydrogen) atoms. The van der Waals surface area contributed by atoms with E-state index < -0.39 is 5.72 Å². The monoisotopic (exact) mass is 170 g/mol. The van der Waals surface area contributed by atoms with Crippen LogP contribution in [0.4, 0.5) is 0 Å². The van der Waals surface area contributed by atoms with Crippen LogP contribution in [0, 0.1) is 0 Å². The van der Waals surface area contributed by atoms with Crippen LogP contribution in [0.15, 0.2) is 10.2 Å². The summed E-state index contributed by atoms with van der Waals surface area (Å²) in [5.74, 6) is -0.274.